The van der Waals surface area contributed by atoms with Gasteiger partial charge in [-0.05, 0) is 18.4 Å². The van der Waals surface area contributed by atoms with E-state index >= 15 is 0 Å². The molecule has 2 aromatic rings. The summed E-state index contributed by atoms with van der Waals surface area (Å²) in [6.07, 6.45) is -0.865. The molecule has 1 aliphatic heterocycles. The summed E-state index contributed by atoms with van der Waals surface area (Å²) in [6.45, 7) is 1.34. The highest BCUT2D eigenvalue weighted by molar-refractivity contribution is 6.25. The van der Waals surface area contributed by atoms with Crippen LogP contribution < -0.4 is 5.23 Å². The first-order valence-corrected chi connectivity index (χ1v) is 6.74. The zero-order chi connectivity index (χ0) is 16.0. The molecule has 114 valence electrons. The van der Waals surface area contributed by atoms with Gasteiger partial charge in [0.25, 0.3) is 11.8 Å². The number of quaternary nitrogens is 1. The largest absolute Gasteiger partial charge is 0.595 e. The summed E-state index contributed by atoms with van der Waals surface area (Å²) in [5.74, 6) is -1.07. The predicted octanol–water partition coefficient (Wildman–Crippen LogP) is 0.220. The van der Waals surface area contributed by atoms with Gasteiger partial charge in [0.2, 0.25) is 0 Å². The number of nitrogens with one attached hydrogen (secondary N) is 1. The van der Waals surface area contributed by atoms with Crippen molar-refractivity contribution in [1.29, 1.82) is 0 Å². The Hall–Kier alpha value is -2.32. The minimum atomic E-state index is -1.14. The van der Waals surface area contributed by atoms with E-state index in [9.17, 15) is 19.9 Å². The van der Waals surface area contributed by atoms with Crippen molar-refractivity contribution in [2.75, 3.05) is 6.54 Å². The van der Waals surface area contributed by atoms with Crippen molar-refractivity contribution in [1.82, 2.24) is 4.90 Å². The lowest BCUT2D eigenvalue weighted by Gasteiger charge is -2.28. The maximum Gasteiger partial charge on any atom is 0.261 e. The molecule has 2 atom stereocenters. The lowest BCUT2D eigenvalue weighted by atomic mass is 9.93. The summed E-state index contributed by atoms with van der Waals surface area (Å²) in [7, 11) is 0. The van der Waals surface area contributed by atoms with Crippen LogP contribution in [-0.2, 0) is 0 Å². The zero-order valence-electron chi connectivity index (χ0n) is 11.7. The van der Waals surface area contributed by atoms with Crippen molar-refractivity contribution in [3.05, 3.63) is 46.7 Å². The number of hydrogen-bond acceptors (Lipinski definition) is 5. The number of imide groups is 1. The SMILES string of the molecule is CC(O)CN1C(=O)c2cccc3cc([NH+]([O-])O)cc(c23)C1=O. The molecule has 0 aliphatic carbocycles. The highest BCUT2D eigenvalue weighted by Crippen LogP contribution is 2.31. The second-order valence-electron chi connectivity index (χ2n) is 5.30. The number of nitrogens with zero attached hydrogens (tertiary/aromatic N) is 1. The summed E-state index contributed by atoms with van der Waals surface area (Å²) >= 11 is 0. The monoisotopic (exact) mass is 302 g/mol. The fourth-order valence-electron chi connectivity index (χ4n) is 2.71. The summed E-state index contributed by atoms with van der Waals surface area (Å²) in [4.78, 5) is 25.9. The third kappa shape index (κ3) is 2.16. The number of benzene rings is 2. The molecule has 0 saturated carbocycles. The molecule has 1 heterocycles. The topological polar surface area (TPSA) is 105 Å². The van der Waals surface area contributed by atoms with Gasteiger partial charge in [0.1, 0.15) is 0 Å². The third-order valence-corrected chi connectivity index (χ3v) is 3.62. The molecule has 0 bridgehead atoms. The van der Waals surface area contributed by atoms with E-state index in [1.165, 1.54) is 19.1 Å². The normalized spacial score (nSPS) is 17.0. The number of hydrogen-bond donors (Lipinski definition) is 3. The molecule has 1 aliphatic rings. The Morgan fingerprint density at radius 1 is 1.23 bits per heavy atom. The average Bonchev–Trinajstić information content (AvgIpc) is 2.48. The third-order valence-electron chi connectivity index (χ3n) is 3.62. The van der Waals surface area contributed by atoms with Gasteiger partial charge >= 0.3 is 0 Å². The highest BCUT2D eigenvalue weighted by Gasteiger charge is 2.34. The van der Waals surface area contributed by atoms with Crippen LogP contribution in [0.5, 0.6) is 0 Å². The predicted molar refractivity (Wildman–Crippen MR) is 76.8 cm³/mol. The molecule has 7 nitrogen and oxygen atoms in total. The Kier molecular flexibility index (Phi) is 3.42. The number of aliphatic hydroxyl groups excluding tert-OH is 1. The summed E-state index contributed by atoms with van der Waals surface area (Å²) in [5, 5.41) is 29.7. The molecule has 0 radical (unpaired) electrons. The summed E-state index contributed by atoms with van der Waals surface area (Å²) in [6, 6.07) is 7.62. The van der Waals surface area contributed by atoms with E-state index in [2.05, 4.69) is 0 Å². The number of amides is 2. The van der Waals surface area contributed by atoms with Crippen molar-refractivity contribution >= 4 is 28.3 Å². The quantitative estimate of drug-likeness (QED) is 0.555. The van der Waals surface area contributed by atoms with E-state index in [-0.39, 0.29) is 17.8 Å². The minimum Gasteiger partial charge on any atom is -0.595 e. The van der Waals surface area contributed by atoms with Crippen molar-refractivity contribution < 1.29 is 25.1 Å². The fourth-order valence-corrected chi connectivity index (χ4v) is 2.71. The second-order valence-corrected chi connectivity index (χ2v) is 5.30. The van der Waals surface area contributed by atoms with Gasteiger partial charge in [-0.3, -0.25) is 14.5 Å². The Bertz CT molecular complexity index is 785. The molecule has 22 heavy (non-hydrogen) atoms. The van der Waals surface area contributed by atoms with Gasteiger partial charge < -0.3 is 10.3 Å². The smallest absolute Gasteiger partial charge is 0.261 e. The molecule has 0 spiro atoms. The number of carbonyl (C=O) groups is 2. The Morgan fingerprint density at radius 2 is 1.91 bits per heavy atom. The number of β-amino-alcohol motifs (C(OH)–C–C–N with tert-alkyl or cyclic N) is 1. The Morgan fingerprint density at radius 3 is 2.55 bits per heavy atom. The van der Waals surface area contributed by atoms with Crippen molar-refractivity contribution in [3.63, 3.8) is 0 Å². The van der Waals surface area contributed by atoms with Crippen LogP contribution in [-0.4, -0.2) is 39.7 Å². The maximum absolute atomic E-state index is 12.5. The number of aliphatic hydroxyl groups is 1. The highest BCUT2D eigenvalue weighted by atomic mass is 16.8. The van der Waals surface area contributed by atoms with Crippen LogP contribution in [0.2, 0.25) is 0 Å². The van der Waals surface area contributed by atoms with Gasteiger partial charge in [-0.1, -0.05) is 12.1 Å². The zero-order valence-corrected chi connectivity index (χ0v) is 11.7. The molecule has 0 fully saturated rings. The molecule has 0 saturated heterocycles. The van der Waals surface area contributed by atoms with Crippen LogP contribution in [0, 0.1) is 5.21 Å². The molecule has 2 unspecified atom stereocenters. The van der Waals surface area contributed by atoms with Crippen LogP contribution in [0.4, 0.5) is 5.69 Å². The first-order valence-electron chi connectivity index (χ1n) is 6.74. The average molecular weight is 302 g/mol. The second kappa shape index (κ2) is 5.15. The molecule has 0 aromatic heterocycles. The molecule has 2 aromatic carbocycles. The fraction of sp³-hybridized carbons (Fsp3) is 0.200. The van der Waals surface area contributed by atoms with Gasteiger partial charge in [0.05, 0.1) is 18.2 Å². The Labute approximate surface area is 125 Å². The van der Waals surface area contributed by atoms with Crippen LogP contribution in [0.1, 0.15) is 27.6 Å². The van der Waals surface area contributed by atoms with Crippen molar-refractivity contribution in [3.8, 4) is 0 Å². The standard InChI is InChI=1S/C15H14N2O5/c1-8(18)7-16-14(19)11-4-2-3-9-5-10(17(21)22)6-12(13(9)11)15(16)20/h2-6,8,17-18,21H,7H2,1H3. The minimum absolute atomic E-state index is 0.0145. The number of carbonyl (C=O) groups excluding carboxylic acids is 2. The lowest BCUT2D eigenvalue weighted by Crippen LogP contribution is -2.99. The van der Waals surface area contributed by atoms with E-state index in [1.807, 2.05) is 0 Å². The van der Waals surface area contributed by atoms with Gasteiger partial charge in [-0.2, -0.15) is 5.23 Å². The van der Waals surface area contributed by atoms with Crippen LogP contribution in [0.15, 0.2) is 30.3 Å². The van der Waals surface area contributed by atoms with Gasteiger partial charge in [-0.25, -0.2) is 5.21 Å². The van der Waals surface area contributed by atoms with Crippen molar-refractivity contribution in [2.45, 2.75) is 13.0 Å². The van der Waals surface area contributed by atoms with E-state index in [0.29, 0.717) is 16.3 Å². The van der Waals surface area contributed by atoms with Gasteiger partial charge in [0, 0.05) is 23.1 Å². The van der Waals surface area contributed by atoms with Crippen molar-refractivity contribution in [2.24, 2.45) is 0 Å². The molecule has 7 heteroatoms. The Balaban J connectivity index is 2.27. The molecule has 3 rings (SSSR count). The first-order chi connectivity index (χ1) is 10.4. The van der Waals surface area contributed by atoms with Crippen LogP contribution in [0.3, 0.4) is 0 Å². The van der Waals surface area contributed by atoms with E-state index in [1.54, 1.807) is 18.2 Å². The maximum atomic E-state index is 12.5. The molecular formula is C15H14N2O5. The van der Waals surface area contributed by atoms with Crippen LogP contribution in [0.25, 0.3) is 10.8 Å². The van der Waals surface area contributed by atoms with E-state index in [0.717, 1.165) is 4.90 Å². The molecule has 2 amide bonds. The van der Waals surface area contributed by atoms with E-state index < -0.39 is 23.1 Å². The molecular weight excluding hydrogens is 288 g/mol. The summed E-state index contributed by atoms with van der Waals surface area (Å²) in [5.41, 5.74) is 0.495. The van der Waals surface area contributed by atoms with Crippen LogP contribution >= 0.6 is 0 Å². The van der Waals surface area contributed by atoms with Gasteiger partial charge in [-0.15, -0.1) is 0 Å². The van der Waals surface area contributed by atoms with Gasteiger partial charge in [0.15, 0.2) is 5.69 Å². The first kappa shape index (κ1) is 14.6. The lowest BCUT2D eigenvalue weighted by molar-refractivity contribution is -0.991. The number of rotatable bonds is 3. The summed E-state index contributed by atoms with van der Waals surface area (Å²) < 4.78 is 0. The van der Waals surface area contributed by atoms with E-state index in [4.69, 9.17) is 5.21 Å². The molecule has 3 N–H and O–H groups in total.